The highest BCUT2D eigenvalue weighted by Crippen LogP contribution is 2.26. The van der Waals surface area contributed by atoms with Crippen LogP contribution < -0.4 is 10.2 Å². The lowest BCUT2D eigenvalue weighted by molar-refractivity contribution is -0.127. The normalized spacial score (nSPS) is 18.7. The van der Waals surface area contributed by atoms with Crippen molar-refractivity contribution in [2.45, 2.75) is 33.2 Å². The third-order valence-corrected chi connectivity index (χ3v) is 4.39. The zero-order chi connectivity index (χ0) is 17.3. The maximum Gasteiger partial charge on any atom is 0.227 e. The number of carbonyl (C=O) groups is 2. The van der Waals surface area contributed by atoms with Crippen LogP contribution in [0, 0.1) is 19.8 Å². The summed E-state index contributed by atoms with van der Waals surface area (Å²) in [5, 5.41) is 2.94. The largest absolute Gasteiger partial charge is 0.464 e. The summed E-state index contributed by atoms with van der Waals surface area (Å²) in [6.45, 7) is 6.17. The zero-order valence-electron chi connectivity index (χ0n) is 14.2. The highest BCUT2D eigenvalue weighted by molar-refractivity contribution is 6.00. The van der Waals surface area contributed by atoms with E-state index in [1.807, 2.05) is 57.2 Å². The van der Waals surface area contributed by atoms with Gasteiger partial charge in [0, 0.05) is 18.7 Å². The fraction of sp³-hybridized carbons (Fsp3) is 0.368. The zero-order valence-corrected chi connectivity index (χ0v) is 14.2. The molecule has 24 heavy (non-hydrogen) atoms. The number of rotatable bonds is 4. The Kier molecular flexibility index (Phi) is 4.42. The Hall–Kier alpha value is -2.56. The summed E-state index contributed by atoms with van der Waals surface area (Å²) < 4.78 is 5.54. The lowest BCUT2D eigenvalue weighted by Crippen LogP contribution is -2.34. The monoisotopic (exact) mass is 326 g/mol. The molecule has 1 aromatic heterocycles. The van der Waals surface area contributed by atoms with Crippen LogP contribution in [-0.2, 0) is 9.59 Å². The predicted octanol–water partition coefficient (Wildman–Crippen LogP) is 3.13. The lowest BCUT2D eigenvalue weighted by atomic mass is 10.1. The molecule has 2 atom stereocenters. The van der Waals surface area contributed by atoms with Gasteiger partial charge in [0.2, 0.25) is 11.8 Å². The topological polar surface area (TPSA) is 62.6 Å². The van der Waals surface area contributed by atoms with Crippen molar-refractivity contribution in [2.75, 3.05) is 11.4 Å². The van der Waals surface area contributed by atoms with Gasteiger partial charge in [0.15, 0.2) is 0 Å². The van der Waals surface area contributed by atoms with Crippen molar-refractivity contribution < 1.29 is 14.0 Å². The molecule has 1 saturated heterocycles. The van der Waals surface area contributed by atoms with E-state index < -0.39 is 0 Å². The van der Waals surface area contributed by atoms with Crippen LogP contribution >= 0.6 is 0 Å². The summed E-state index contributed by atoms with van der Waals surface area (Å²) in [6, 6.07) is 11.3. The van der Waals surface area contributed by atoms with E-state index in [1.165, 1.54) is 0 Å². The van der Waals surface area contributed by atoms with Crippen molar-refractivity contribution in [1.29, 1.82) is 0 Å². The molecule has 0 saturated carbocycles. The Labute approximate surface area is 141 Å². The number of carbonyl (C=O) groups excluding carboxylic acids is 2. The quantitative estimate of drug-likeness (QED) is 0.939. The van der Waals surface area contributed by atoms with E-state index in [2.05, 4.69) is 5.32 Å². The molecule has 2 heterocycles. The molecule has 0 radical (unpaired) electrons. The molecule has 0 bridgehead atoms. The van der Waals surface area contributed by atoms with Crippen LogP contribution in [0.25, 0.3) is 0 Å². The second-order valence-electron chi connectivity index (χ2n) is 6.42. The van der Waals surface area contributed by atoms with Crippen LogP contribution in [0.15, 0.2) is 40.8 Å². The number of hydrogen-bond acceptors (Lipinski definition) is 3. The van der Waals surface area contributed by atoms with Gasteiger partial charge in [0.25, 0.3) is 0 Å². The number of anilines is 1. The third-order valence-electron chi connectivity index (χ3n) is 4.39. The third kappa shape index (κ3) is 3.35. The molecular weight excluding hydrogens is 304 g/mol. The van der Waals surface area contributed by atoms with E-state index in [1.54, 1.807) is 4.90 Å². The average Bonchev–Trinajstić information content (AvgIpc) is 3.14. The molecular formula is C19H22N2O3. The molecule has 1 aliphatic heterocycles. The molecule has 1 aliphatic rings. The Balaban J connectivity index is 1.64. The van der Waals surface area contributed by atoms with E-state index >= 15 is 0 Å². The van der Waals surface area contributed by atoms with Gasteiger partial charge in [-0.25, -0.2) is 0 Å². The number of nitrogens with zero attached hydrogens (tertiary/aromatic N) is 1. The maximum absolute atomic E-state index is 12.5. The minimum atomic E-state index is -0.336. The van der Waals surface area contributed by atoms with E-state index in [0.29, 0.717) is 6.54 Å². The summed E-state index contributed by atoms with van der Waals surface area (Å²) in [6.07, 6.45) is 0.240. The van der Waals surface area contributed by atoms with Gasteiger partial charge in [-0.3, -0.25) is 9.59 Å². The molecule has 1 N–H and O–H groups in total. The van der Waals surface area contributed by atoms with Crippen LogP contribution in [0.5, 0.6) is 0 Å². The molecule has 5 nitrogen and oxygen atoms in total. The van der Waals surface area contributed by atoms with Gasteiger partial charge in [-0.15, -0.1) is 0 Å². The van der Waals surface area contributed by atoms with Crippen LogP contribution in [0.3, 0.4) is 0 Å². The summed E-state index contributed by atoms with van der Waals surface area (Å²) in [5.74, 6) is 1.07. The van der Waals surface area contributed by atoms with Crippen molar-refractivity contribution in [2.24, 2.45) is 5.92 Å². The van der Waals surface area contributed by atoms with Gasteiger partial charge in [0.05, 0.1) is 12.0 Å². The fourth-order valence-corrected chi connectivity index (χ4v) is 2.95. The van der Waals surface area contributed by atoms with Crippen molar-refractivity contribution in [3.05, 3.63) is 53.5 Å². The van der Waals surface area contributed by atoms with Crippen LogP contribution in [0.1, 0.15) is 36.5 Å². The van der Waals surface area contributed by atoms with Crippen LogP contribution in [-0.4, -0.2) is 18.4 Å². The number of nitrogens with one attached hydrogen (secondary N) is 1. The molecule has 1 fully saturated rings. The van der Waals surface area contributed by atoms with E-state index in [0.717, 1.165) is 22.8 Å². The highest BCUT2D eigenvalue weighted by atomic mass is 16.3. The molecule has 3 rings (SSSR count). The average molecular weight is 326 g/mol. The van der Waals surface area contributed by atoms with Crippen molar-refractivity contribution >= 4 is 17.5 Å². The molecule has 126 valence electrons. The van der Waals surface area contributed by atoms with Crippen molar-refractivity contribution in [1.82, 2.24) is 5.32 Å². The Morgan fingerprint density at radius 1 is 1.21 bits per heavy atom. The number of furan rings is 1. The second-order valence-corrected chi connectivity index (χ2v) is 6.42. The van der Waals surface area contributed by atoms with E-state index in [-0.39, 0.29) is 30.2 Å². The molecule has 0 spiro atoms. The first-order valence-electron chi connectivity index (χ1n) is 8.18. The summed E-state index contributed by atoms with van der Waals surface area (Å²) in [7, 11) is 0. The summed E-state index contributed by atoms with van der Waals surface area (Å²) >= 11 is 0. The minimum Gasteiger partial charge on any atom is -0.464 e. The first-order chi connectivity index (χ1) is 11.4. The molecule has 5 heteroatoms. The second kappa shape index (κ2) is 6.51. The van der Waals surface area contributed by atoms with Crippen LogP contribution in [0.4, 0.5) is 5.69 Å². The Morgan fingerprint density at radius 3 is 2.54 bits per heavy atom. The predicted molar refractivity (Wildman–Crippen MR) is 91.6 cm³/mol. The Bertz CT molecular complexity index is 748. The number of benzene rings is 1. The minimum absolute atomic E-state index is 0.0134. The van der Waals surface area contributed by atoms with Crippen LogP contribution in [0.2, 0.25) is 0 Å². The standard InChI is InChI=1S/C19H22N2O3/c1-12-4-7-16(8-5-12)21-11-15(10-18(21)22)19(23)20-14(3)17-9-6-13(2)24-17/h4-9,14-15H,10-11H2,1-3H3,(H,20,23). The number of amides is 2. The van der Waals surface area contributed by atoms with Gasteiger partial charge < -0.3 is 14.6 Å². The van der Waals surface area contributed by atoms with Crippen molar-refractivity contribution in [3.63, 3.8) is 0 Å². The molecule has 2 unspecified atom stereocenters. The molecule has 0 aliphatic carbocycles. The fourth-order valence-electron chi connectivity index (χ4n) is 2.95. The summed E-state index contributed by atoms with van der Waals surface area (Å²) in [5.41, 5.74) is 1.98. The molecule has 2 aromatic rings. The summed E-state index contributed by atoms with van der Waals surface area (Å²) in [4.78, 5) is 26.4. The molecule has 2 amide bonds. The maximum atomic E-state index is 12.5. The first kappa shape index (κ1) is 16.3. The first-order valence-corrected chi connectivity index (χ1v) is 8.18. The number of hydrogen-bond donors (Lipinski definition) is 1. The smallest absolute Gasteiger partial charge is 0.227 e. The van der Waals surface area contributed by atoms with Gasteiger partial charge in [-0.2, -0.15) is 0 Å². The van der Waals surface area contributed by atoms with Gasteiger partial charge in [0.1, 0.15) is 11.5 Å². The number of aryl methyl sites for hydroxylation is 2. The Morgan fingerprint density at radius 2 is 1.92 bits per heavy atom. The highest BCUT2D eigenvalue weighted by Gasteiger charge is 2.35. The van der Waals surface area contributed by atoms with Gasteiger partial charge >= 0.3 is 0 Å². The SMILES string of the molecule is Cc1ccc(N2CC(C(=O)NC(C)c3ccc(C)o3)CC2=O)cc1. The van der Waals surface area contributed by atoms with Crippen molar-refractivity contribution in [3.8, 4) is 0 Å². The molecule has 1 aromatic carbocycles. The van der Waals surface area contributed by atoms with E-state index in [4.69, 9.17) is 4.42 Å². The van der Waals surface area contributed by atoms with E-state index in [9.17, 15) is 9.59 Å². The van der Waals surface area contributed by atoms with Gasteiger partial charge in [-0.05, 0) is 45.0 Å². The van der Waals surface area contributed by atoms with Gasteiger partial charge in [-0.1, -0.05) is 17.7 Å². The lowest BCUT2D eigenvalue weighted by Gasteiger charge is -2.18.